The van der Waals surface area contributed by atoms with Crippen LogP contribution >= 0.6 is 27.3 Å². The number of carbonyl (C=O) groups excluding carboxylic acids is 1. The van der Waals surface area contributed by atoms with E-state index in [2.05, 4.69) is 36.7 Å². The zero-order chi connectivity index (χ0) is 22.1. The Labute approximate surface area is 192 Å². The molecule has 0 atom stereocenters. The van der Waals surface area contributed by atoms with E-state index in [1.54, 1.807) is 35.7 Å². The number of carbonyl (C=O) groups is 1. The van der Waals surface area contributed by atoms with Crippen LogP contribution in [0.4, 0.5) is 10.8 Å². The van der Waals surface area contributed by atoms with Crippen LogP contribution in [0.1, 0.15) is 0 Å². The molecule has 1 N–H and O–H groups in total. The molecule has 11 heteroatoms. The monoisotopic (exact) mass is 509 g/mol. The van der Waals surface area contributed by atoms with Crippen LogP contribution in [-0.2, 0) is 9.63 Å². The average molecular weight is 510 g/mol. The van der Waals surface area contributed by atoms with Crippen LogP contribution in [0, 0.1) is 0 Å². The van der Waals surface area contributed by atoms with Gasteiger partial charge in [0, 0.05) is 15.2 Å². The van der Waals surface area contributed by atoms with Crippen molar-refractivity contribution in [2.24, 2.45) is 10.2 Å². The highest BCUT2D eigenvalue weighted by atomic mass is 79.9. The summed E-state index contributed by atoms with van der Waals surface area (Å²) < 4.78 is 6.26. The lowest BCUT2D eigenvalue weighted by molar-refractivity contribution is -0.140. The van der Waals surface area contributed by atoms with Gasteiger partial charge in [-0.1, -0.05) is 39.7 Å². The maximum atomic E-state index is 12.4. The zero-order valence-electron chi connectivity index (χ0n) is 16.1. The second-order valence-corrected chi connectivity index (χ2v) is 8.28. The Balaban J connectivity index is 1.41. The number of para-hydroxylation sites is 1. The lowest BCUT2D eigenvalue weighted by Crippen LogP contribution is -2.28. The van der Waals surface area contributed by atoms with Crippen molar-refractivity contribution in [1.82, 2.24) is 10.6 Å². The molecule has 0 saturated carbocycles. The molecule has 0 radical (unpaired) electrons. The quantitative estimate of drug-likeness (QED) is 0.232. The van der Waals surface area contributed by atoms with Gasteiger partial charge in [0.15, 0.2) is 5.70 Å². The van der Waals surface area contributed by atoms with Crippen molar-refractivity contribution < 1.29 is 14.0 Å². The van der Waals surface area contributed by atoms with Gasteiger partial charge in [0.25, 0.3) is 0 Å². The zero-order valence-corrected chi connectivity index (χ0v) is 18.5. The summed E-state index contributed by atoms with van der Waals surface area (Å²) in [6, 6.07) is 16.2. The number of thiazole rings is 1. The van der Waals surface area contributed by atoms with Gasteiger partial charge < -0.3 is 9.25 Å². The number of hydrogen-bond donors (Lipinski definition) is 1. The number of anilines is 1. The van der Waals surface area contributed by atoms with Crippen molar-refractivity contribution in [3.05, 3.63) is 86.8 Å². The third-order valence-corrected chi connectivity index (χ3v) is 5.70. The fourth-order valence-electron chi connectivity index (χ4n) is 3.00. The Bertz CT molecular complexity index is 1450. The number of rotatable bonds is 4. The number of aromatic nitrogens is 1. The first-order valence-electron chi connectivity index (χ1n) is 9.21. The molecule has 1 aliphatic rings. The minimum atomic E-state index is -0.590. The second kappa shape index (κ2) is 8.46. The van der Waals surface area contributed by atoms with E-state index in [9.17, 15) is 9.59 Å². The molecule has 0 bridgehead atoms. The molecule has 1 saturated heterocycles. The van der Waals surface area contributed by atoms with Gasteiger partial charge in [0.1, 0.15) is 5.58 Å². The van der Waals surface area contributed by atoms with Crippen LogP contribution in [0.2, 0.25) is 0 Å². The van der Waals surface area contributed by atoms with Crippen molar-refractivity contribution in [2.75, 3.05) is 5.01 Å². The third kappa shape index (κ3) is 3.96. The van der Waals surface area contributed by atoms with Crippen LogP contribution in [0.5, 0.6) is 0 Å². The van der Waals surface area contributed by atoms with Gasteiger partial charge in [-0.15, -0.1) is 16.5 Å². The number of halogens is 1. The maximum Gasteiger partial charge on any atom is 0.378 e. The molecular formula is C21H12BrN5O4S. The number of nitrogens with one attached hydrogen (secondary N) is 1. The number of benzene rings is 2. The molecule has 0 amide bonds. The van der Waals surface area contributed by atoms with Gasteiger partial charge in [-0.25, -0.2) is 19.6 Å². The first kappa shape index (κ1) is 20.2. The fourth-order valence-corrected chi connectivity index (χ4v) is 4.02. The lowest BCUT2D eigenvalue weighted by atomic mass is 10.1. The Morgan fingerprint density at radius 1 is 1.12 bits per heavy atom. The summed E-state index contributed by atoms with van der Waals surface area (Å²) >= 11 is 4.61. The molecule has 1 aliphatic heterocycles. The highest BCUT2D eigenvalue weighted by Gasteiger charge is 2.29. The van der Waals surface area contributed by atoms with Gasteiger partial charge in [-0.05, 0) is 36.4 Å². The second-order valence-electron chi connectivity index (χ2n) is 6.53. The number of fused-ring (bicyclic) bond motifs is 1. The van der Waals surface area contributed by atoms with Crippen molar-refractivity contribution in [3.8, 4) is 11.3 Å². The SMILES string of the molecule is O=C1ONN(c2ccccc2)/C1=C/N=Nc1nc(-c2cc3cc(Br)ccc3oc2=O)cs1. The van der Waals surface area contributed by atoms with Crippen LogP contribution in [-0.4, -0.2) is 11.0 Å². The Kier molecular flexibility index (Phi) is 5.35. The molecule has 4 aromatic rings. The Morgan fingerprint density at radius 2 is 1.97 bits per heavy atom. The molecule has 1 fully saturated rings. The lowest BCUT2D eigenvalue weighted by Gasteiger charge is -2.14. The smallest absolute Gasteiger partial charge is 0.378 e. The van der Waals surface area contributed by atoms with E-state index in [0.29, 0.717) is 27.7 Å². The molecule has 3 heterocycles. The predicted molar refractivity (Wildman–Crippen MR) is 122 cm³/mol. The van der Waals surface area contributed by atoms with Crippen molar-refractivity contribution in [1.29, 1.82) is 0 Å². The fraction of sp³-hybridized carbons (Fsp3) is 0. The number of nitrogens with zero attached hydrogens (tertiary/aromatic N) is 4. The third-order valence-electron chi connectivity index (χ3n) is 4.48. The van der Waals surface area contributed by atoms with Crippen LogP contribution in [0.15, 0.2) is 95.8 Å². The molecule has 2 aromatic heterocycles. The summed E-state index contributed by atoms with van der Waals surface area (Å²) in [5.74, 6) is -0.590. The topological polar surface area (TPSA) is 109 Å². The van der Waals surface area contributed by atoms with E-state index >= 15 is 0 Å². The maximum absolute atomic E-state index is 12.4. The summed E-state index contributed by atoms with van der Waals surface area (Å²) in [4.78, 5) is 33.6. The van der Waals surface area contributed by atoms with E-state index in [1.807, 2.05) is 24.3 Å². The van der Waals surface area contributed by atoms with Gasteiger partial charge >= 0.3 is 11.6 Å². The van der Waals surface area contributed by atoms with Crippen LogP contribution in [0.3, 0.4) is 0 Å². The molecule has 0 spiro atoms. The van der Waals surface area contributed by atoms with E-state index in [-0.39, 0.29) is 5.70 Å². The van der Waals surface area contributed by atoms with Crippen molar-refractivity contribution in [3.63, 3.8) is 0 Å². The first-order valence-corrected chi connectivity index (χ1v) is 10.9. The molecule has 0 aliphatic carbocycles. The predicted octanol–water partition coefficient (Wildman–Crippen LogP) is 5.09. The normalized spacial score (nSPS) is 15.2. The molecule has 5 rings (SSSR count). The highest BCUT2D eigenvalue weighted by Crippen LogP contribution is 2.28. The van der Waals surface area contributed by atoms with E-state index in [0.717, 1.165) is 9.86 Å². The summed E-state index contributed by atoms with van der Waals surface area (Å²) in [5.41, 5.74) is 4.14. The Morgan fingerprint density at radius 3 is 2.81 bits per heavy atom. The molecule has 158 valence electrons. The molecule has 2 aromatic carbocycles. The summed E-state index contributed by atoms with van der Waals surface area (Å²) in [6.45, 7) is 0. The van der Waals surface area contributed by atoms with Gasteiger partial charge in [0.2, 0.25) is 5.13 Å². The van der Waals surface area contributed by atoms with E-state index in [1.165, 1.54) is 22.5 Å². The Hall–Kier alpha value is -3.67. The minimum absolute atomic E-state index is 0.164. The highest BCUT2D eigenvalue weighted by molar-refractivity contribution is 9.10. The van der Waals surface area contributed by atoms with Gasteiger partial charge in [-0.2, -0.15) is 5.11 Å². The molecule has 0 unspecified atom stereocenters. The van der Waals surface area contributed by atoms with E-state index < -0.39 is 11.6 Å². The van der Waals surface area contributed by atoms with Crippen molar-refractivity contribution >= 4 is 55.0 Å². The van der Waals surface area contributed by atoms with Gasteiger partial charge in [0.05, 0.1) is 23.1 Å². The first-order chi connectivity index (χ1) is 15.6. The van der Waals surface area contributed by atoms with Gasteiger partial charge in [-0.3, -0.25) is 0 Å². The standard InChI is InChI=1S/C21H12BrN5O4S/c22-13-6-7-18-12(8-13)9-15(19(28)30-18)16-11-32-21(24-16)25-23-10-17-20(29)31-26-27(17)14-4-2-1-3-5-14/h1-11,26H/b17-10+,25-23?. The number of hydrazine groups is 1. The largest absolute Gasteiger partial charge is 0.422 e. The molecule has 9 nitrogen and oxygen atoms in total. The summed E-state index contributed by atoms with van der Waals surface area (Å²) in [5, 5.41) is 12.2. The van der Waals surface area contributed by atoms with Crippen LogP contribution < -0.4 is 16.2 Å². The van der Waals surface area contributed by atoms with Crippen LogP contribution in [0.25, 0.3) is 22.2 Å². The van der Waals surface area contributed by atoms with Crippen molar-refractivity contribution in [2.45, 2.75) is 0 Å². The number of hydrogen-bond acceptors (Lipinski definition) is 10. The molecular weight excluding hydrogens is 498 g/mol. The summed E-state index contributed by atoms with van der Waals surface area (Å²) in [7, 11) is 0. The number of azo groups is 1. The van der Waals surface area contributed by atoms with E-state index in [4.69, 9.17) is 9.25 Å². The molecule has 32 heavy (non-hydrogen) atoms. The average Bonchev–Trinajstić information content (AvgIpc) is 3.41. The minimum Gasteiger partial charge on any atom is -0.422 e. The summed E-state index contributed by atoms with van der Waals surface area (Å²) in [6.07, 6.45) is 1.28.